The number of piperazine rings is 1. The van der Waals surface area contributed by atoms with Crippen molar-refractivity contribution in [3.63, 3.8) is 0 Å². The molecule has 1 fully saturated rings. The molecule has 1 aromatic carbocycles. The number of carbonyl (C=O) groups is 1. The fourth-order valence-electron chi connectivity index (χ4n) is 2.93. The van der Waals surface area contributed by atoms with Crippen LogP contribution in [-0.4, -0.2) is 55.0 Å². The third kappa shape index (κ3) is 4.34. The fourth-order valence-corrected chi connectivity index (χ4v) is 4.75. The molecule has 1 unspecified atom stereocenters. The monoisotopic (exact) mass is 379 g/mol. The van der Waals surface area contributed by atoms with E-state index in [0.717, 1.165) is 0 Å². The average molecular weight is 379 g/mol. The van der Waals surface area contributed by atoms with Gasteiger partial charge in [-0.1, -0.05) is 0 Å². The second-order valence-electron chi connectivity index (χ2n) is 7.48. The van der Waals surface area contributed by atoms with Crippen LogP contribution in [0.25, 0.3) is 0 Å². The van der Waals surface area contributed by atoms with E-state index >= 15 is 0 Å². The lowest BCUT2D eigenvalue weighted by Crippen LogP contribution is -2.56. The molecule has 142 valence electrons. The zero-order valence-electron chi connectivity index (χ0n) is 15.8. The molecule has 1 aliphatic heterocycles. The van der Waals surface area contributed by atoms with Crippen molar-refractivity contribution >= 4 is 16.1 Å². The van der Waals surface area contributed by atoms with E-state index in [1.807, 2.05) is 6.07 Å². The molecule has 2 rings (SSSR count). The first-order chi connectivity index (χ1) is 12.0. The number of ether oxygens (including phenoxy) is 1. The number of amides is 1. The maximum Gasteiger partial charge on any atom is 0.410 e. The first-order valence-corrected chi connectivity index (χ1v) is 9.90. The van der Waals surface area contributed by atoms with Gasteiger partial charge in [-0.2, -0.15) is 9.57 Å². The molecule has 8 heteroatoms. The molecule has 0 radical (unpaired) electrons. The maximum atomic E-state index is 13.0. The van der Waals surface area contributed by atoms with E-state index in [9.17, 15) is 13.2 Å². The fraction of sp³-hybridized carbons (Fsp3) is 0.556. The standard InChI is InChI=1S/C18H25N3O4S/c1-13-10-15(11-19)6-7-16(13)26(23,24)21-9-8-20(12-14(21)2)17(22)25-18(3,4)5/h6-7,10,14H,8-9,12H2,1-5H3. The Morgan fingerprint density at radius 2 is 1.96 bits per heavy atom. The van der Waals surface area contributed by atoms with Crippen molar-refractivity contribution in [3.05, 3.63) is 29.3 Å². The van der Waals surface area contributed by atoms with E-state index in [1.165, 1.54) is 21.3 Å². The van der Waals surface area contributed by atoms with Crippen molar-refractivity contribution < 1.29 is 17.9 Å². The topological polar surface area (TPSA) is 90.7 Å². The molecular weight excluding hydrogens is 354 g/mol. The van der Waals surface area contributed by atoms with Gasteiger partial charge in [-0.25, -0.2) is 13.2 Å². The molecule has 0 bridgehead atoms. The van der Waals surface area contributed by atoms with Gasteiger partial charge >= 0.3 is 6.09 Å². The van der Waals surface area contributed by atoms with Crippen molar-refractivity contribution in [2.24, 2.45) is 0 Å². The Labute approximate surface area is 155 Å². The van der Waals surface area contributed by atoms with E-state index in [0.29, 0.717) is 11.1 Å². The minimum atomic E-state index is -3.71. The molecule has 0 aromatic heterocycles. The van der Waals surface area contributed by atoms with Crippen LogP contribution in [0.3, 0.4) is 0 Å². The van der Waals surface area contributed by atoms with Crippen molar-refractivity contribution in [3.8, 4) is 6.07 Å². The van der Waals surface area contributed by atoms with Gasteiger partial charge in [0, 0.05) is 25.7 Å². The van der Waals surface area contributed by atoms with Gasteiger partial charge in [0.1, 0.15) is 5.60 Å². The van der Waals surface area contributed by atoms with Crippen LogP contribution >= 0.6 is 0 Å². The van der Waals surface area contributed by atoms with Crippen LogP contribution in [0.4, 0.5) is 4.79 Å². The Bertz CT molecular complexity index is 837. The predicted octanol–water partition coefficient (Wildman–Crippen LogP) is 2.50. The molecule has 1 atom stereocenters. The summed E-state index contributed by atoms with van der Waals surface area (Å²) in [5.41, 5.74) is 0.360. The third-order valence-electron chi connectivity index (χ3n) is 4.11. The summed E-state index contributed by atoms with van der Waals surface area (Å²) in [5, 5.41) is 8.95. The Morgan fingerprint density at radius 1 is 1.31 bits per heavy atom. The van der Waals surface area contributed by atoms with E-state index in [-0.39, 0.29) is 30.6 Å². The molecule has 0 saturated carbocycles. The van der Waals surface area contributed by atoms with E-state index in [2.05, 4.69) is 0 Å². The van der Waals surface area contributed by atoms with Crippen molar-refractivity contribution in [2.75, 3.05) is 19.6 Å². The summed E-state index contributed by atoms with van der Waals surface area (Å²) in [5.74, 6) is 0. The molecule has 0 spiro atoms. The largest absolute Gasteiger partial charge is 0.444 e. The van der Waals surface area contributed by atoms with Gasteiger partial charge in [-0.15, -0.1) is 0 Å². The summed E-state index contributed by atoms with van der Waals surface area (Å²) < 4.78 is 32.8. The molecule has 0 aliphatic carbocycles. The summed E-state index contributed by atoms with van der Waals surface area (Å²) in [6, 6.07) is 6.16. The van der Waals surface area contributed by atoms with Crippen molar-refractivity contribution in [1.29, 1.82) is 5.26 Å². The summed E-state index contributed by atoms with van der Waals surface area (Å²) in [6.07, 6.45) is -0.434. The molecule has 1 amide bonds. The number of aryl methyl sites for hydroxylation is 1. The highest BCUT2D eigenvalue weighted by molar-refractivity contribution is 7.89. The van der Waals surface area contributed by atoms with Gasteiger partial charge in [-0.05, 0) is 58.4 Å². The van der Waals surface area contributed by atoms with Crippen molar-refractivity contribution in [1.82, 2.24) is 9.21 Å². The summed E-state index contributed by atoms with van der Waals surface area (Å²) in [4.78, 5) is 13.9. The lowest BCUT2D eigenvalue weighted by atomic mass is 10.2. The Balaban J connectivity index is 2.18. The van der Waals surface area contributed by atoms with E-state index < -0.39 is 21.7 Å². The molecule has 1 saturated heterocycles. The van der Waals surface area contributed by atoms with E-state index in [4.69, 9.17) is 10.00 Å². The number of benzene rings is 1. The zero-order valence-corrected chi connectivity index (χ0v) is 16.6. The highest BCUT2D eigenvalue weighted by Gasteiger charge is 2.37. The normalized spacial score (nSPS) is 19.1. The lowest BCUT2D eigenvalue weighted by molar-refractivity contribution is 0.0143. The first-order valence-electron chi connectivity index (χ1n) is 8.46. The third-order valence-corrected chi connectivity index (χ3v) is 6.28. The predicted molar refractivity (Wildman–Crippen MR) is 97.1 cm³/mol. The number of sulfonamides is 1. The second-order valence-corrected chi connectivity index (χ2v) is 9.34. The minimum absolute atomic E-state index is 0.189. The molecule has 1 aromatic rings. The Hall–Kier alpha value is -2.11. The van der Waals surface area contributed by atoms with Crippen LogP contribution in [0.1, 0.15) is 38.8 Å². The maximum absolute atomic E-state index is 13.0. The quantitative estimate of drug-likeness (QED) is 0.787. The smallest absolute Gasteiger partial charge is 0.410 e. The van der Waals surface area contributed by atoms with Crippen LogP contribution < -0.4 is 0 Å². The summed E-state index contributed by atoms with van der Waals surface area (Å²) in [7, 11) is -3.71. The minimum Gasteiger partial charge on any atom is -0.444 e. The van der Waals surface area contributed by atoms with Gasteiger partial charge in [0.05, 0.1) is 16.5 Å². The zero-order chi connectivity index (χ0) is 19.7. The summed E-state index contributed by atoms with van der Waals surface area (Å²) in [6.45, 7) is 9.57. The van der Waals surface area contributed by atoms with Crippen LogP contribution in [0.5, 0.6) is 0 Å². The molecule has 26 heavy (non-hydrogen) atoms. The summed E-state index contributed by atoms with van der Waals surface area (Å²) >= 11 is 0. The van der Waals surface area contributed by atoms with Gasteiger partial charge in [0.15, 0.2) is 0 Å². The molecule has 1 aliphatic rings. The number of hydrogen-bond acceptors (Lipinski definition) is 5. The van der Waals surface area contributed by atoms with Crippen LogP contribution in [-0.2, 0) is 14.8 Å². The van der Waals surface area contributed by atoms with Crippen LogP contribution in [0.15, 0.2) is 23.1 Å². The molecule has 0 N–H and O–H groups in total. The van der Waals surface area contributed by atoms with Gasteiger partial charge < -0.3 is 9.64 Å². The van der Waals surface area contributed by atoms with Crippen LogP contribution in [0.2, 0.25) is 0 Å². The number of carbonyl (C=O) groups excluding carboxylic acids is 1. The van der Waals surface area contributed by atoms with Crippen molar-refractivity contribution in [2.45, 2.75) is 51.2 Å². The number of rotatable bonds is 2. The molecule has 1 heterocycles. The highest BCUT2D eigenvalue weighted by atomic mass is 32.2. The Kier molecular flexibility index (Phi) is 5.64. The second kappa shape index (κ2) is 7.25. The number of nitrogens with zero attached hydrogens (tertiary/aromatic N) is 3. The van der Waals surface area contributed by atoms with Gasteiger partial charge in [-0.3, -0.25) is 0 Å². The number of hydrogen-bond donors (Lipinski definition) is 0. The van der Waals surface area contributed by atoms with Gasteiger partial charge in [0.25, 0.3) is 0 Å². The average Bonchev–Trinajstić information content (AvgIpc) is 2.52. The lowest BCUT2D eigenvalue weighted by Gasteiger charge is -2.39. The Morgan fingerprint density at radius 3 is 2.46 bits per heavy atom. The first kappa shape index (κ1) is 20.2. The van der Waals surface area contributed by atoms with Crippen LogP contribution in [0, 0.1) is 18.3 Å². The SMILES string of the molecule is Cc1cc(C#N)ccc1S(=O)(=O)N1CCN(C(=O)OC(C)(C)C)CC1C. The molecular formula is C18H25N3O4S. The number of nitriles is 1. The highest BCUT2D eigenvalue weighted by Crippen LogP contribution is 2.25. The van der Waals surface area contributed by atoms with Gasteiger partial charge in [0.2, 0.25) is 10.0 Å². The molecule has 7 nitrogen and oxygen atoms in total. The van der Waals surface area contributed by atoms with E-state index in [1.54, 1.807) is 40.7 Å².